The lowest BCUT2D eigenvalue weighted by Gasteiger charge is -1.96. The quantitative estimate of drug-likeness (QED) is 0.505. The lowest BCUT2D eigenvalue weighted by molar-refractivity contribution is 0.249. The summed E-state index contributed by atoms with van der Waals surface area (Å²) in [5.74, 6) is 0.705. The summed E-state index contributed by atoms with van der Waals surface area (Å²) in [6, 6.07) is 0. The minimum atomic E-state index is 0.440. The van der Waals surface area contributed by atoms with Crippen molar-refractivity contribution in [3.63, 3.8) is 0 Å². The Morgan fingerprint density at radius 2 is 2.57 bits per heavy atom. The summed E-state index contributed by atoms with van der Waals surface area (Å²) in [6.45, 7) is 5.67. The van der Waals surface area contributed by atoms with E-state index < -0.39 is 0 Å². The van der Waals surface area contributed by atoms with Gasteiger partial charge in [-0.05, 0) is 13.8 Å². The van der Waals surface area contributed by atoms with Gasteiger partial charge in [-0.2, -0.15) is 0 Å². The van der Waals surface area contributed by atoms with Crippen LogP contribution in [0, 0.1) is 6.92 Å². The van der Waals surface area contributed by atoms with Gasteiger partial charge >= 0.3 is 0 Å². The van der Waals surface area contributed by atoms with Crippen molar-refractivity contribution >= 4 is 11.6 Å². The highest BCUT2D eigenvalue weighted by atomic mass is 35.5. The van der Waals surface area contributed by atoms with Crippen LogP contribution in [0.4, 0.5) is 0 Å². The molecule has 7 heavy (non-hydrogen) atoms. The van der Waals surface area contributed by atoms with Crippen LogP contribution in [0.15, 0.2) is 11.3 Å². The molecule has 0 aromatic rings. The fourth-order valence-electron chi connectivity index (χ4n) is 0.192. The molecule has 0 heterocycles. The molecule has 0 spiro atoms. The van der Waals surface area contributed by atoms with Crippen molar-refractivity contribution in [1.29, 1.82) is 0 Å². The number of ether oxygens (including phenoxy) is 1. The fraction of sp³-hybridized carbons (Fsp3) is 0.400. The number of hydrogen-bond donors (Lipinski definition) is 0. The van der Waals surface area contributed by atoms with Crippen molar-refractivity contribution in [3.05, 3.63) is 18.2 Å². The summed E-state index contributed by atoms with van der Waals surface area (Å²) in [4.78, 5) is 0. The third-order valence-electron chi connectivity index (χ3n) is 0.483. The average molecular weight is 120 g/mol. The maximum absolute atomic E-state index is 5.22. The van der Waals surface area contributed by atoms with Crippen LogP contribution in [-0.2, 0) is 4.74 Å². The van der Waals surface area contributed by atoms with E-state index in [9.17, 15) is 0 Å². The third kappa shape index (κ3) is 3.67. The Balaban J connectivity index is 3.17. The van der Waals surface area contributed by atoms with Crippen LogP contribution in [0.1, 0.15) is 6.92 Å². The van der Waals surface area contributed by atoms with E-state index in [0.29, 0.717) is 12.4 Å². The zero-order valence-corrected chi connectivity index (χ0v) is 5.03. The number of halogens is 1. The van der Waals surface area contributed by atoms with Crippen LogP contribution in [0.5, 0.6) is 0 Å². The Morgan fingerprint density at radius 1 is 2.00 bits per heavy atom. The van der Waals surface area contributed by atoms with Crippen LogP contribution < -0.4 is 0 Å². The Morgan fingerprint density at radius 3 is 2.71 bits per heavy atom. The summed E-state index contributed by atoms with van der Waals surface area (Å²) in [5.41, 5.74) is 1.38. The minimum absolute atomic E-state index is 0.440. The van der Waals surface area contributed by atoms with Crippen LogP contribution in [0.3, 0.4) is 0 Å². The lowest BCUT2D eigenvalue weighted by atomic mass is 10.6. The third-order valence-corrected chi connectivity index (χ3v) is 0.791. The van der Waals surface area contributed by atoms with Gasteiger partial charge in [0, 0.05) is 5.54 Å². The van der Waals surface area contributed by atoms with E-state index in [0.717, 1.165) is 0 Å². The Hall–Kier alpha value is -0.170. The topological polar surface area (TPSA) is 9.23 Å². The lowest BCUT2D eigenvalue weighted by Crippen LogP contribution is -1.83. The molecule has 0 fully saturated rings. The Labute approximate surface area is 48.9 Å². The molecule has 0 saturated heterocycles. The predicted molar refractivity (Wildman–Crippen MR) is 30.9 cm³/mol. The highest BCUT2D eigenvalue weighted by molar-refractivity contribution is 6.25. The standard InChI is InChI=1S/C5H8ClO/c1-3-7-5(2)4-6/h4H,1,3H2,2H3. The van der Waals surface area contributed by atoms with E-state index in [-0.39, 0.29) is 0 Å². The zero-order valence-electron chi connectivity index (χ0n) is 4.28. The molecule has 0 aromatic carbocycles. The summed E-state index contributed by atoms with van der Waals surface area (Å²) < 4.78 is 4.81. The first-order valence-electron chi connectivity index (χ1n) is 2.00. The van der Waals surface area contributed by atoms with E-state index in [1.807, 2.05) is 0 Å². The second-order valence-electron chi connectivity index (χ2n) is 1.07. The first-order valence-corrected chi connectivity index (χ1v) is 2.44. The zero-order chi connectivity index (χ0) is 5.70. The Bertz CT molecular complexity index is 68.5. The van der Waals surface area contributed by atoms with Crippen LogP contribution in [0.25, 0.3) is 0 Å². The van der Waals surface area contributed by atoms with Gasteiger partial charge in [-0.3, -0.25) is 0 Å². The molecule has 0 saturated carbocycles. The molecule has 0 N–H and O–H groups in total. The second-order valence-corrected chi connectivity index (χ2v) is 1.29. The summed E-state index contributed by atoms with van der Waals surface area (Å²) in [5, 5.41) is 0. The van der Waals surface area contributed by atoms with Gasteiger partial charge in [-0.25, -0.2) is 0 Å². The number of allylic oxidation sites excluding steroid dienone is 1. The van der Waals surface area contributed by atoms with Crippen LogP contribution in [0.2, 0.25) is 0 Å². The SMILES string of the molecule is [CH2]COC(C)=CCl. The molecule has 1 nitrogen and oxygen atoms in total. The van der Waals surface area contributed by atoms with E-state index in [4.69, 9.17) is 16.3 Å². The van der Waals surface area contributed by atoms with Crippen molar-refractivity contribution in [3.8, 4) is 0 Å². The minimum Gasteiger partial charge on any atom is -0.497 e. The molecule has 0 aromatic heterocycles. The summed E-state index contributed by atoms with van der Waals surface area (Å²) in [7, 11) is 0. The van der Waals surface area contributed by atoms with Gasteiger partial charge in [0.05, 0.1) is 6.61 Å². The van der Waals surface area contributed by atoms with E-state index in [2.05, 4.69) is 6.92 Å². The average Bonchev–Trinajstić information content (AvgIpc) is 1.68. The molecule has 2 heteroatoms. The van der Waals surface area contributed by atoms with Gasteiger partial charge in [0.1, 0.15) is 5.76 Å². The van der Waals surface area contributed by atoms with Gasteiger partial charge in [-0.15, -0.1) is 0 Å². The largest absolute Gasteiger partial charge is 0.497 e. The molecule has 0 rings (SSSR count). The van der Waals surface area contributed by atoms with E-state index >= 15 is 0 Å². The molecule has 0 unspecified atom stereocenters. The smallest absolute Gasteiger partial charge is 0.104 e. The van der Waals surface area contributed by atoms with Gasteiger partial charge in [-0.1, -0.05) is 11.6 Å². The molecule has 0 bridgehead atoms. The highest BCUT2D eigenvalue weighted by Crippen LogP contribution is 1.94. The molecule has 1 radical (unpaired) electrons. The van der Waals surface area contributed by atoms with E-state index in [1.54, 1.807) is 6.92 Å². The monoisotopic (exact) mass is 119 g/mol. The highest BCUT2D eigenvalue weighted by Gasteiger charge is 1.79. The number of hydrogen-bond acceptors (Lipinski definition) is 1. The molecule has 0 amide bonds. The number of rotatable bonds is 2. The molecular weight excluding hydrogens is 112 g/mol. The summed E-state index contributed by atoms with van der Waals surface area (Å²) >= 11 is 5.22. The maximum Gasteiger partial charge on any atom is 0.104 e. The van der Waals surface area contributed by atoms with E-state index in [1.165, 1.54) is 5.54 Å². The van der Waals surface area contributed by atoms with Crippen molar-refractivity contribution in [2.75, 3.05) is 6.61 Å². The van der Waals surface area contributed by atoms with Crippen molar-refractivity contribution in [2.45, 2.75) is 6.92 Å². The predicted octanol–water partition coefficient (Wildman–Crippen LogP) is 1.94. The molecule has 0 aliphatic heterocycles. The summed E-state index contributed by atoms with van der Waals surface area (Å²) in [6.07, 6.45) is 0. The second kappa shape index (κ2) is 4.00. The molecular formula is C5H8ClO. The molecule has 0 aliphatic carbocycles. The van der Waals surface area contributed by atoms with Gasteiger partial charge in [0.2, 0.25) is 0 Å². The van der Waals surface area contributed by atoms with Crippen LogP contribution in [-0.4, -0.2) is 6.61 Å². The fourth-order valence-corrected chi connectivity index (χ4v) is 0.255. The first-order chi connectivity index (χ1) is 3.31. The van der Waals surface area contributed by atoms with Crippen LogP contribution >= 0.6 is 11.6 Å². The normalized spacial score (nSPS) is 11.6. The van der Waals surface area contributed by atoms with Crippen molar-refractivity contribution < 1.29 is 4.74 Å². The van der Waals surface area contributed by atoms with Gasteiger partial charge in [0.15, 0.2) is 0 Å². The molecule has 0 aliphatic rings. The maximum atomic E-state index is 5.22. The van der Waals surface area contributed by atoms with Gasteiger partial charge < -0.3 is 4.74 Å². The first kappa shape index (κ1) is 6.83. The Kier molecular flexibility index (Phi) is 3.90. The van der Waals surface area contributed by atoms with Crippen molar-refractivity contribution in [1.82, 2.24) is 0 Å². The van der Waals surface area contributed by atoms with Gasteiger partial charge in [0.25, 0.3) is 0 Å². The molecule has 0 atom stereocenters. The molecule has 41 valence electrons. The van der Waals surface area contributed by atoms with Crippen molar-refractivity contribution in [2.24, 2.45) is 0 Å².